The van der Waals surface area contributed by atoms with Gasteiger partial charge in [-0.1, -0.05) is 32.0 Å². The molecular weight excluding hydrogens is 179 g/mol. The lowest BCUT2D eigenvalue weighted by atomic mass is 9.97. The topological polar surface area (TPSA) is 9.23 Å². The van der Waals surface area contributed by atoms with Crippen LogP contribution in [0.1, 0.15) is 31.1 Å². The fourth-order valence-electron chi connectivity index (χ4n) is 1.65. The Balaban J connectivity index is 3.10. The second-order valence-corrected chi connectivity index (χ2v) is 3.88. The van der Waals surface area contributed by atoms with Crippen LogP contribution in [0.5, 0.6) is 0 Å². The van der Waals surface area contributed by atoms with E-state index >= 15 is 0 Å². The number of methoxy groups -OCH3 is 1. The smallest absolute Gasteiger partial charge is 0.131 e. The van der Waals surface area contributed by atoms with Gasteiger partial charge in [-0.05, 0) is 18.4 Å². The predicted octanol–water partition coefficient (Wildman–Crippen LogP) is 3.48. The molecule has 1 nitrogen and oxygen atoms in total. The molecule has 0 aliphatic rings. The summed E-state index contributed by atoms with van der Waals surface area (Å²) in [5, 5.41) is 0. The van der Waals surface area contributed by atoms with Crippen LogP contribution in [-0.4, -0.2) is 7.11 Å². The summed E-state index contributed by atoms with van der Waals surface area (Å²) in [4.78, 5) is 0. The summed E-state index contributed by atoms with van der Waals surface area (Å²) in [6.45, 7) is 5.82. The maximum atomic E-state index is 13.7. The second kappa shape index (κ2) is 4.56. The van der Waals surface area contributed by atoms with E-state index in [1.165, 1.54) is 0 Å². The van der Waals surface area contributed by atoms with Crippen molar-refractivity contribution in [3.8, 4) is 0 Å². The summed E-state index contributed by atoms with van der Waals surface area (Å²) in [7, 11) is 1.62. The monoisotopic (exact) mass is 196 g/mol. The second-order valence-electron chi connectivity index (χ2n) is 3.88. The standard InChI is InChI=1S/C12H17FO/c1-8(2)12(14-4)10-7-5-6-9(3)11(10)13/h5-8,12H,1-4H3. The van der Waals surface area contributed by atoms with E-state index in [2.05, 4.69) is 0 Å². The van der Waals surface area contributed by atoms with E-state index in [1.807, 2.05) is 19.9 Å². The van der Waals surface area contributed by atoms with Crippen molar-refractivity contribution >= 4 is 0 Å². The number of halogens is 1. The van der Waals surface area contributed by atoms with Gasteiger partial charge >= 0.3 is 0 Å². The first-order valence-electron chi connectivity index (χ1n) is 4.85. The number of rotatable bonds is 3. The fraction of sp³-hybridized carbons (Fsp3) is 0.500. The van der Waals surface area contributed by atoms with Crippen LogP contribution in [0.25, 0.3) is 0 Å². The van der Waals surface area contributed by atoms with Crippen LogP contribution >= 0.6 is 0 Å². The molecule has 0 aliphatic carbocycles. The van der Waals surface area contributed by atoms with Crippen LogP contribution < -0.4 is 0 Å². The molecule has 0 radical (unpaired) electrons. The van der Waals surface area contributed by atoms with Gasteiger partial charge in [-0.3, -0.25) is 0 Å². The van der Waals surface area contributed by atoms with Crippen molar-refractivity contribution in [2.75, 3.05) is 7.11 Å². The van der Waals surface area contributed by atoms with E-state index in [0.29, 0.717) is 11.1 Å². The Hall–Kier alpha value is -0.890. The van der Waals surface area contributed by atoms with Crippen molar-refractivity contribution in [3.05, 3.63) is 35.1 Å². The third-order valence-electron chi connectivity index (χ3n) is 2.39. The van der Waals surface area contributed by atoms with Gasteiger partial charge in [0.05, 0.1) is 6.10 Å². The third kappa shape index (κ3) is 2.13. The van der Waals surface area contributed by atoms with Crippen molar-refractivity contribution in [3.63, 3.8) is 0 Å². The van der Waals surface area contributed by atoms with E-state index in [0.717, 1.165) is 0 Å². The van der Waals surface area contributed by atoms with Crippen LogP contribution in [-0.2, 0) is 4.74 Å². The number of benzene rings is 1. The van der Waals surface area contributed by atoms with E-state index < -0.39 is 0 Å². The van der Waals surface area contributed by atoms with Gasteiger partial charge in [-0.2, -0.15) is 0 Å². The van der Waals surface area contributed by atoms with Gasteiger partial charge in [0.25, 0.3) is 0 Å². The van der Waals surface area contributed by atoms with Crippen LogP contribution in [0.15, 0.2) is 18.2 Å². The van der Waals surface area contributed by atoms with Crippen molar-refractivity contribution in [1.82, 2.24) is 0 Å². The van der Waals surface area contributed by atoms with Crippen LogP contribution in [0, 0.1) is 18.7 Å². The summed E-state index contributed by atoms with van der Waals surface area (Å²) in [5.74, 6) is 0.129. The highest BCUT2D eigenvalue weighted by atomic mass is 19.1. The Kier molecular flexibility index (Phi) is 3.64. The van der Waals surface area contributed by atoms with E-state index in [1.54, 1.807) is 26.2 Å². The highest BCUT2D eigenvalue weighted by Gasteiger charge is 2.19. The Morgan fingerprint density at radius 3 is 2.43 bits per heavy atom. The predicted molar refractivity (Wildman–Crippen MR) is 55.7 cm³/mol. The summed E-state index contributed by atoms with van der Waals surface area (Å²) < 4.78 is 19.0. The molecule has 0 aromatic heterocycles. The fourth-order valence-corrected chi connectivity index (χ4v) is 1.65. The molecule has 1 aromatic rings. The average molecular weight is 196 g/mol. The molecule has 1 unspecified atom stereocenters. The molecule has 78 valence electrons. The Bertz CT molecular complexity index is 307. The molecule has 0 N–H and O–H groups in total. The number of hydrogen-bond donors (Lipinski definition) is 0. The summed E-state index contributed by atoms with van der Waals surface area (Å²) in [6.07, 6.45) is -0.158. The Labute approximate surface area is 84.9 Å². The molecular formula is C12H17FO. The molecule has 0 spiro atoms. The molecule has 0 saturated heterocycles. The average Bonchev–Trinajstić information content (AvgIpc) is 2.13. The minimum atomic E-state index is -0.158. The summed E-state index contributed by atoms with van der Waals surface area (Å²) in [5.41, 5.74) is 1.33. The first-order chi connectivity index (χ1) is 6.57. The zero-order chi connectivity index (χ0) is 10.7. The highest BCUT2D eigenvalue weighted by Crippen LogP contribution is 2.28. The van der Waals surface area contributed by atoms with Crippen LogP contribution in [0.2, 0.25) is 0 Å². The minimum Gasteiger partial charge on any atom is -0.376 e. The zero-order valence-electron chi connectivity index (χ0n) is 9.17. The van der Waals surface area contributed by atoms with Gasteiger partial charge < -0.3 is 4.74 Å². The molecule has 0 saturated carbocycles. The minimum absolute atomic E-state index is 0.145. The van der Waals surface area contributed by atoms with E-state index in [9.17, 15) is 4.39 Å². The lowest BCUT2D eigenvalue weighted by molar-refractivity contribution is 0.0616. The number of hydrogen-bond acceptors (Lipinski definition) is 1. The molecule has 1 rings (SSSR count). The summed E-state index contributed by atoms with van der Waals surface area (Å²) in [6, 6.07) is 5.42. The van der Waals surface area contributed by atoms with Gasteiger partial charge in [0.2, 0.25) is 0 Å². The molecule has 0 fully saturated rings. The van der Waals surface area contributed by atoms with Gasteiger partial charge in [0.15, 0.2) is 0 Å². The molecule has 2 heteroatoms. The van der Waals surface area contributed by atoms with Crippen molar-refractivity contribution in [1.29, 1.82) is 0 Å². The molecule has 0 bridgehead atoms. The van der Waals surface area contributed by atoms with Crippen molar-refractivity contribution in [2.45, 2.75) is 26.9 Å². The Morgan fingerprint density at radius 2 is 1.93 bits per heavy atom. The van der Waals surface area contributed by atoms with Crippen molar-refractivity contribution in [2.24, 2.45) is 5.92 Å². The quantitative estimate of drug-likeness (QED) is 0.719. The van der Waals surface area contributed by atoms with Gasteiger partial charge in [-0.15, -0.1) is 0 Å². The molecule has 1 atom stereocenters. The largest absolute Gasteiger partial charge is 0.376 e. The van der Waals surface area contributed by atoms with E-state index in [4.69, 9.17) is 4.74 Å². The van der Waals surface area contributed by atoms with Gasteiger partial charge in [0, 0.05) is 12.7 Å². The van der Waals surface area contributed by atoms with Gasteiger partial charge in [-0.25, -0.2) is 4.39 Å². The first-order valence-corrected chi connectivity index (χ1v) is 4.85. The molecule has 14 heavy (non-hydrogen) atoms. The summed E-state index contributed by atoms with van der Waals surface area (Å²) >= 11 is 0. The highest BCUT2D eigenvalue weighted by molar-refractivity contribution is 5.27. The lowest BCUT2D eigenvalue weighted by Gasteiger charge is -2.20. The van der Waals surface area contributed by atoms with Crippen molar-refractivity contribution < 1.29 is 9.13 Å². The molecule has 0 aliphatic heterocycles. The van der Waals surface area contributed by atoms with E-state index in [-0.39, 0.29) is 17.8 Å². The third-order valence-corrected chi connectivity index (χ3v) is 2.39. The maximum absolute atomic E-state index is 13.7. The molecule has 1 aromatic carbocycles. The Morgan fingerprint density at radius 1 is 1.29 bits per heavy atom. The van der Waals surface area contributed by atoms with Crippen LogP contribution in [0.4, 0.5) is 4.39 Å². The van der Waals surface area contributed by atoms with Crippen LogP contribution in [0.3, 0.4) is 0 Å². The lowest BCUT2D eigenvalue weighted by Crippen LogP contribution is -2.11. The normalized spacial score (nSPS) is 13.3. The number of aryl methyl sites for hydroxylation is 1. The zero-order valence-corrected chi connectivity index (χ0v) is 9.17. The molecule has 0 heterocycles. The van der Waals surface area contributed by atoms with Gasteiger partial charge in [0.1, 0.15) is 5.82 Å². The first kappa shape index (κ1) is 11.2. The molecule has 0 amide bonds. The number of ether oxygens (including phenoxy) is 1. The maximum Gasteiger partial charge on any atom is 0.131 e. The SMILES string of the molecule is COC(c1cccc(C)c1F)C(C)C.